The van der Waals surface area contributed by atoms with E-state index in [2.05, 4.69) is 18.7 Å². The van der Waals surface area contributed by atoms with Crippen LogP contribution in [-0.2, 0) is 0 Å². The van der Waals surface area contributed by atoms with Crippen LogP contribution in [0.1, 0.15) is 33.1 Å². The van der Waals surface area contributed by atoms with E-state index in [4.69, 9.17) is 5.11 Å². The summed E-state index contributed by atoms with van der Waals surface area (Å²) in [6, 6.07) is 0. The maximum atomic E-state index is 8.87. The van der Waals surface area contributed by atoms with Crippen molar-refractivity contribution in [2.45, 2.75) is 33.1 Å². The van der Waals surface area contributed by atoms with Crippen molar-refractivity contribution in [1.29, 1.82) is 0 Å². The molecule has 78 valence electrons. The van der Waals surface area contributed by atoms with Crippen LogP contribution in [0.5, 0.6) is 0 Å². The standard InChI is InChI=1S/C11H23NO/c1-10(2)8-12-6-3-4-11(9-12)5-7-13/h10-11,13H,3-9H2,1-2H3. The third-order valence-corrected chi connectivity index (χ3v) is 2.76. The van der Waals surface area contributed by atoms with Crippen LogP contribution < -0.4 is 0 Å². The maximum Gasteiger partial charge on any atom is 0.0434 e. The number of piperidine rings is 1. The van der Waals surface area contributed by atoms with E-state index in [1.54, 1.807) is 0 Å². The Kier molecular flexibility index (Phi) is 4.74. The van der Waals surface area contributed by atoms with Crippen LogP contribution in [0.4, 0.5) is 0 Å². The van der Waals surface area contributed by atoms with Crippen LogP contribution in [0.15, 0.2) is 0 Å². The second-order valence-corrected chi connectivity index (χ2v) is 4.67. The number of hydrogen-bond acceptors (Lipinski definition) is 2. The molecular weight excluding hydrogens is 162 g/mol. The Morgan fingerprint density at radius 2 is 2.23 bits per heavy atom. The Morgan fingerprint density at radius 3 is 2.85 bits per heavy atom. The topological polar surface area (TPSA) is 23.5 Å². The van der Waals surface area contributed by atoms with Gasteiger partial charge >= 0.3 is 0 Å². The Hall–Kier alpha value is -0.0800. The number of likely N-dealkylation sites (tertiary alicyclic amines) is 1. The molecule has 1 saturated heterocycles. The van der Waals surface area contributed by atoms with Gasteiger partial charge in [0.05, 0.1) is 0 Å². The van der Waals surface area contributed by atoms with E-state index in [0.29, 0.717) is 6.61 Å². The van der Waals surface area contributed by atoms with Crippen LogP contribution >= 0.6 is 0 Å². The smallest absolute Gasteiger partial charge is 0.0434 e. The van der Waals surface area contributed by atoms with E-state index in [9.17, 15) is 0 Å². The first-order valence-electron chi connectivity index (χ1n) is 5.55. The Morgan fingerprint density at radius 1 is 1.46 bits per heavy atom. The van der Waals surface area contributed by atoms with E-state index in [1.165, 1.54) is 32.5 Å². The van der Waals surface area contributed by atoms with Gasteiger partial charge in [0, 0.05) is 19.7 Å². The molecule has 2 heteroatoms. The van der Waals surface area contributed by atoms with Crippen molar-refractivity contribution in [3.05, 3.63) is 0 Å². The first-order valence-corrected chi connectivity index (χ1v) is 5.55. The highest BCUT2D eigenvalue weighted by Gasteiger charge is 2.19. The van der Waals surface area contributed by atoms with Gasteiger partial charge in [-0.05, 0) is 37.6 Å². The number of rotatable bonds is 4. The quantitative estimate of drug-likeness (QED) is 0.721. The normalized spacial score (nSPS) is 25.4. The second-order valence-electron chi connectivity index (χ2n) is 4.67. The van der Waals surface area contributed by atoms with Gasteiger partial charge < -0.3 is 10.0 Å². The van der Waals surface area contributed by atoms with Crippen LogP contribution in [0.2, 0.25) is 0 Å². The molecule has 0 aromatic carbocycles. The maximum absolute atomic E-state index is 8.87. The van der Waals surface area contributed by atoms with Gasteiger partial charge in [0.15, 0.2) is 0 Å². The van der Waals surface area contributed by atoms with E-state index < -0.39 is 0 Å². The molecule has 0 amide bonds. The Balaban J connectivity index is 2.24. The van der Waals surface area contributed by atoms with Crippen LogP contribution in [0.3, 0.4) is 0 Å². The fourth-order valence-electron chi connectivity index (χ4n) is 2.25. The largest absolute Gasteiger partial charge is 0.396 e. The van der Waals surface area contributed by atoms with Crippen molar-refractivity contribution >= 4 is 0 Å². The van der Waals surface area contributed by atoms with E-state index >= 15 is 0 Å². The van der Waals surface area contributed by atoms with E-state index in [0.717, 1.165) is 18.3 Å². The fourth-order valence-corrected chi connectivity index (χ4v) is 2.25. The molecule has 0 aromatic heterocycles. The van der Waals surface area contributed by atoms with E-state index in [-0.39, 0.29) is 0 Å². The minimum atomic E-state index is 0.361. The van der Waals surface area contributed by atoms with Gasteiger partial charge in [-0.25, -0.2) is 0 Å². The fraction of sp³-hybridized carbons (Fsp3) is 1.00. The molecule has 1 rings (SSSR count). The average Bonchev–Trinajstić information content (AvgIpc) is 2.04. The average molecular weight is 185 g/mol. The van der Waals surface area contributed by atoms with Crippen LogP contribution in [0, 0.1) is 11.8 Å². The number of hydrogen-bond donors (Lipinski definition) is 1. The first-order chi connectivity index (χ1) is 6.22. The SMILES string of the molecule is CC(C)CN1CCCC(CCO)C1. The molecule has 1 atom stereocenters. The first kappa shape index (κ1) is 11.0. The van der Waals surface area contributed by atoms with Gasteiger partial charge in [-0.3, -0.25) is 0 Å². The molecule has 0 aliphatic carbocycles. The molecule has 1 aliphatic heterocycles. The highest BCUT2D eigenvalue weighted by molar-refractivity contribution is 4.73. The lowest BCUT2D eigenvalue weighted by Gasteiger charge is -2.33. The summed E-state index contributed by atoms with van der Waals surface area (Å²) in [7, 11) is 0. The van der Waals surface area contributed by atoms with Gasteiger partial charge in [0.2, 0.25) is 0 Å². The van der Waals surface area contributed by atoms with Crippen molar-refractivity contribution in [2.24, 2.45) is 11.8 Å². The highest BCUT2D eigenvalue weighted by Crippen LogP contribution is 2.19. The molecular formula is C11H23NO. The summed E-state index contributed by atoms with van der Waals surface area (Å²) in [6.45, 7) is 8.60. The zero-order valence-corrected chi connectivity index (χ0v) is 9.00. The molecule has 13 heavy (non-hydrogen) atoms. The second kappa shape index (κ2) is 5.61. The molecule has 0 saturated carbocycles. The molecule has 0 aromatic rings. The van der Waals surface area contributed by atoms with E-state index in [1.807, 2.05) is 0 Å². The lowest BCUT2D eigenvalue weighted by molar-refractivity contribution is 0.136. The molecule has 1 unspecified atom stereocenters. The minimum Gasteiger partial charge on any atom is -0.396 e. The van der Waals surface area contributed by atoms with Gasteiger partial charge in [0.1, 0.15) is 0 Å². The van der Waals surface area contributed by atoms with Crippen molar-refractivity contribution < 1.29 is 5.11 Å². The zero-order chi connectivity index (χ0) is 9.68. The van der Waals surface area contributed by atoms with Crippen LogP contribution in [0.25, 0.3) is 0 Å². The lowest BCUT2D eigenvalue weighted by atomic mass is 9.94. The summed E-state index contributed by atoms with van der Waals surface area (Å²) in [4.78, 5) is 2.55. The number of nitrogens with zero attached hydrogens (tertiary/aromatic N) is 1. The molecule has 1 aliphatic rings. The van der Waals surface area contributed by atoms with Gasteiger partial charge in [0.25, 0.3) is 0 Å². The summed E-state index contributed by atoms with van der Waals surface area (Å²) in [5.74, 6) is 1.52. The van der Waals surface area contributed by atoms with Gasteiger partial charge in [-0.15, -0.1) is 0 Å². The molecule has 2 nitrogen and oxygen atoms in total. The van der Waals surface area contributed by atoms with Crippen molar-refractivity contribution in [1.82, 2.24) is 4.90 Å². The number of aliphatic hydroxyl groups is 1. The van der Waals surface area contributed by atoms with Gasteiger partial charge in [-0.1, -0.05) is 13.8 Å². The zero-order valence-electron chi connectivity index (χ0n) is 9.00. The molecule has 0 spiro atoms. The summed E-state index contributed by atoms with van der Waals surface area (Å²) in [5.41, 5.74) is 0. The minimum absolute atomic E-state index is 0.361. The molecule has 1 fully saturated rings. The lowest BCUT2D eigenvalue weighted by Crippen LogP contribution is -2.37. The monoisotopic (exact) mass is 185 g/mol. The summed E-state index contributed by atoms with van der Waals surface area (Å²) < 4.78 is 0. The number of aliphatic hydroxyl groups excluding tert-OH is 1. The predicted octanol–water partition coefficient (Wildman–Crippen LogP) is 1.74. The molecule has 1 N–H and O–H groups in total. The van der Waals surface area contributed by atoms with Crippen LogP contribution in [-0.4, -0.2) is 36.2 Å². The Bertz CT molecular complexity index is 134. The van der Waals surface area contributed by atoms with Crippen molar-refractivity contribution in [3.8, 4) is 0 Å². The molecule has 0 radical (unpaired) electrons. The Labute approximate surface area is 81.9 Å². The van der Waals surface area contributed by atoms with Gasteiger partial charge in [-0.2, -0.15) is 0 Å². The predicted molar refractivity (Wildman–Crippen MR) is 55.7 cm³/mol. The van der Waals surface area contributed by atoms with Crippen molar-refractivity contribution in [3.63, 3.8) is 0 Å². The summed E-state index contributed by atoms with van der Waals surface area (Å²) >= 11 is 0. The molecule has 0 bridgehead atoms. The van der Waals surface area contributed by atoms with Crippen molar-refractivity contribution in [2.75, 3.05) is 26.2 Å². The molecule has 1 heterocycles. The summed E-state index contributed by atoms with van der Waals surface area (Å²) in [5, 5.41) is 8.87. The third-order valence-electron chi connectivity index (χ3n) is 2.76. The highest BCUT2D eigenvalue weighted by atomic mass is 16.3. The third kappa shape index (κ3) is 4.10. The summed E-state index contributed by atoms with van der Waals surface area (Å²) in [6.07, 6.45) is 3.63.